The van der Waals surface area contributed by atoms with Gasteiger partial charge in [-0.25, -0.2) is 0 Å². The van der Waals surface area contributed by atoms with E-state index in [1.807, 2.05) is 32.0 Å². The molecule has 1 aromatic rings. The largest absolute Gasteiger partial charge is 0.494 e. The van der Waals surface area contributed by atoms with Gasteiger partial charge in [-0.15, -0.1) is 0 Å². The van der Waals surface area contributed by atoms with Crippen molar-refractivity contribution in [1.82, 2.24) is 0 Å². The van der Waals surface area contributed by atoms with E-state index >= 15 is 0 Å². The van der Waals surface area contributed by atoms with E-state index in [2.05, 4.69) is 12.2 Å². The minimum atomic E-state index is 0.0258. The summed E-state index contributed by atoms with van der Waals surface area (Å²) < 4.78 is 5.48. The molecule has 0 spiro atoms. The molecule has 1 unspecified atom stereocenters. The van der Waals surface area contributed by atoms with Crippen LogP contribution >= 0.6 is 0 Å². The van der Waals surface area contributed by atoms with Gasteiger partial charge in [0.1, 0.15) is 5.75 Å². The predicted octanol–water partition coefficient (Wildman–Crippen LogP) is 2.92. The molecule has 3 N–H and O–H groups in total. The van der Waals surface area contributed by atoms with Crippen molar-refractivity contribution < 1.29 is 9.53 Å². The number of carbonyl (C=O) groups is 1. The fourth-order valence-corrected chi connectivity index (χ4v) is 1.94. The van der Waals surface area contributed by atoms with Gasteiger partial charge >= 0.3 is 0 Å². The zero-order chi connectivity index (χ0) is 14.3. The molecule has 19 heavy (non-hydrogen) atoms. The third-order valence-electron chi connectivity index (χ3n) is 3.02. The topological polar surface area (TPSA) is 64.3 Å². The van der Waals surface area contributed by atoms with E-state index in [0.717, 1.165) is 29.8 Å². The van der Waals surface area contributed by atoms with Crippen LogP contribution in [-0.4, -0.2) is 12.5 Å². The minimum absolute atomic E-state index is 0.0258. The molecule has 0 heterocycles. The third kappa shape index (κ3) is 4.56. The summed E-state index contributed by atoms with van der Waals surface area (Å²) in [4.78, 5) is 11.9. The Morgan fingerprint density at radius 1 is 1.42 bits per heavy atom. The van der Waals surface area contributed by atoms with Crippen LogP contribution in [0.3, 0.4) is 0 Å². The molecular formula is C15H24N2O2. The van der Waals surface area contributed by atoms with Gasteiger partial charge in [-0.3, -0.25) is 4.79 Å². The number of anilines is 1. The normalized spacial score (nSPS) is 12.0. The highest BCUT2D eigenvalue weighted by Crippen LogP contribution is 2.23. The van der Waals surface area contributed by atoms with Gasteiger partial charge in [0, 0.05) is 23.7 Å². The van der Waals surface area contributed by atoms with Crippen molar-refractivity contribution in [3.63, 3.8) is 0 Å². The van der Waals surface area contributed by atoms with E-state index in [1.165, 1.54) is 0 Å². The number of nitrogens with one attached hydrogen (secondary N) is 1. The maximum absolute atomic E-state index is 11.9. The summed E-state index contributed by atoms with van der Waals surface area (Å²) in [5, 5.41) is 2.92. The fraction of sp³-hybridized carbons (Fsp3) is 0.533. The Morgan fingerprint density at radius 2 is 2.16 bits per heavy atom. The van der Waals surface area contributed by atoms with Gasteiger partial charge in [-0.2, -0.15) is 0 Å². The van der Waals surface area contributed by atoms with Gasteiger partial charge in [0.2, 0.25) is 5.91 Å². The second-order valence-electron chi connectivity index (χ2n) is 4.64. The van der Waals surface area contributed by atoms with E-state index in [4.69, 9.17) is 10.5 Å². The van der Waals surface area contributed by atoms with Crippen molar-refractivity contribution >= 4 is 11.6 Å². The Balaban J connectivity index is 2.76. The summed E-state index contributed by atoms with van der Waals surface area (Å²) in [6.07, 6.45) is 1.90. The Morgan fingerprint density at radius 3 is 2.74 bits per heavy atom. The molecule has 0 saturated carbocycles. The second kappa shape index (κ2) is 7.79. The number of ether oxygens (including phenoxy) is 1. The van der Waals surface area contributed by atoms with Crippen molar-refractivity contribution in [3.8, 4) is 5.75 Å². The number of nitrogens with two attached hydrogens (primary N) is 1. The lowest BCUT2D eigenvalue weighted by Gasteiger charge is -2.14. The van der Waals surface area contributed by atoms with Gasteiger partial charge in [-0.1, -0.05) is 20.3 Å². The van der Waals surface area contributed by atoms with E-state index in [1.54, 1.807) is 0 Å². The van der Waals surface area contributed by atoms with Crippen LogP contribution in [-0.2, 0) is 11.3 Å². The van der Waals surface area contributed by atoms with E-state index < -0.39 is 0 Å². The van der Waals surface area contributed by atoms with E-state index in [0.29, 0.717) is 13.2 Å². The molecule has 0 radical (unpaired) electrons. The molecule has 4 heteroatoms. The molecule has 1 rings (SSSR count). The smallest absolute Gasteiger partial charge is 0.227 e. The number of benzene rings is 1. The fourth-order valence-electron chi connectivity index (χ4n) is 1.94. The molecule has 0 bridgehead atoms. The number of carbonyl (C=O) groups excluding carboxylic acids is 1. The van der Waals surface area contributed by atoms with Crippen LogP contribution in [0.5, 0.6) is 5.75 Å². The highest BCUT2D eigenvalue weighted by atomic mass is 16.5. The molecule has 0 aliphatic rings. The second-order valence-corrected chi connectivity index (χ2v) is 4.64. The first-order valence-corrected chi connectivity index (χ1v) is 6.89. The molecule has 0 aliphatic carbocycles. The molecule has 1 amide bonds. The first kappa shape index (κ1) is 15.5. The summed E-state index contributed by atoms with van der Waals surface area (Å²) in [7, 11) is 0. The Hall–Kier alpha value is -1.55. The highest BCUT2D eigenvalue weighted by molar-refractivity contribution is 5.92. The van der Waals surface area contributed by atoms with Crippen LogP contribution in [0.2, 0.25) is 0 Å². The quantitative estimate of drug-likeness (QED) is 0.796. The summed E-state index contributed by atoms with van der Waals surface area (Å²) in [6, 6.07) is 5.58. The Bertz CT molecular complexity index is 419. The highest BCUT2D eigenvalue weighted by Gasteiger charge is 2.12. The van der Waals surface area contributed by atoms with Gasteiger partial charge in [0.05, 0.1) is 6.61 Å². The predicted molar refractivity (Wildman–Crippen MR) is 78.2 cm³/mol. The van der Waals surface area contributed by atoms with Crippen molar-refractivity contribution in [3.05, 3.63) is 23.8 Å². The van der Waals surface area contributed by atoms with E-state index in [-0.39, 0.29) is 11.8 Å². The average Bonchev–Trinajstić information content (AvgIpc) is 2.41. The number of rotatable bonds is 7. The first-order valence-electron chi connectivity index (χ1n) is 6.89. The van der Waals surface area contributed by atoms with Crippen LogP contribution in [0.4, 0.5) is 5.69 Å². The number of amides is 1. The molecular weight excluding hydrogens is 240 g/mol. The van der Waals surface area contributed by atoms with Crippen molar-refractivity contribution in [2.75, 3.05) is 11.9 Å². The monoisotopic (exact) mass is 264 g/mol. The average molecular weight is 264 g/mol. The van der Waals surface area contributed by atoms with Crippen molar-refractivity contribution in [2.45, 2.75) is 40.2 Å². The number of hydrogen-bond acceptors (Lipinski definition) is 3. The molecule has 4 nitrogen and oxygen atoms in total. The van der Waals surface area contributed by atoms with Crippen molar-refractivity contribution in [1.29, 1.82) is 0 Å². The number of hydrogen-bond donors (Lipinski definition) is 2. The third-order valence-corrected chi connectivity index (χ3v) is 3.02. The van der Waals surface area contributed by atoms with Crippen LogP contribution in [0.25, 0.3) is 0 Å². The minimum Gasteiger partial charge on any atom is -0.494 e. The Kier molecular flexibility index (Phi) is 6.36. The molecule has 0 fully saturated rings. The Labute approximate surface area is 115 Å². The van der Waals surface area contributed by atoms with Gasteiger partial charge in [-0.05, 0) is 31.5 Å². The SMILES string of the molecule is CCCC(C)C(=O)Nc1ccc(OCC)c(CN)c1. The zero-order valence-corrected chi connectivity index (χ0v) is 12.0. The maximum atomic E-state index is 11.9. The van der Waals surface area contributed by atoms with Crippen molar-refractivity contribution in [2.24, 2.45) is 11.7 Å². The first-order chi connectivity index (χ1) is 9.12. The molecule has 1 atom stereocenters. The van der Waals surface area contributed by atoms with Gasteiger partial charge < -0.3 is 15.8 Å². The summed E-state index contributed by atoms with van der Waals surface area (Å²) in [5.74, 6) is 0.858. The lowest BCUT2D eigenvalue weighted by Crippen LogP contribution is -2.20. The maximum Gasteiger partial charge on any atom is 0.227 e. The van der Waals surface area contributed by atoms with Crippen LogP contribution in [0.1, 0.15) is 39.2 Å². The standard InChI is InChI=1S/C15H24N2O2/c1-4-6-11(3)15(18)17-13-7-8-14(19-5-2)12(9-13)10-16/h7-9,11H,4-6,10,16H2,1-3H3,(H,17,18). The van der Waals surface area contributed by atoms with Gasteiger partial charge in [0.25, 0.3) is 0 Å². The van der Waals surface area contributed by atoms with Gasteiger partial charge in [0.15, 0.2) is 0 Å². The molecule has 0 aliphatic heterocycles. The van der Waals surface area contributed by atoms with Crippen LogP contribution in [0, 0.1) is 5.92 Å². The zero-order valence-electron chi connectivity index (χ0n) is 12.0. The summed E-state index contributed by atoms with van der Waals surface area (Å²) in [5.41, 5.74) is 7.38. The van der Waals surface area contributed by atoms with Crippen LogP contribution in [0.15, 0.2) is 18.2 Å². The molecule has 0 saturated heterocycles. The molecule has 106 valence electrons. The summed E-state index contributed by atoms with van der Waals surface area (Å²) in [6.45, 7) is 6.95. The summed E-state index contributed by atoms with van der Waals surface area (Å²) >= 11 is 0. The van der Waals surface area contributed by atoms with E-state index in [9.17, 15) is 4.79 Å². The molecule has 0 aromatic heterocycles. The molecule has 1 aromatic carbocycles. The van der Waals surface area contributed by atoms with Crippen LogP contribution < -0.4 is 15.8 Å². The lowest BCUT2D eigenvalue weighted by atomic mass is 10.1. The lowest BCUT2D eigenvalue weighted by molar-refractivity contribution is -0.119.